The normalized spacial score (nSPS) is 25.1. The van der Waals surface area contributed by atoms with E-state index in [9.17, 15) is 9.50 Å². The molecule has 1 aromatic carbocycles. The Morgan fingerprint density at radius 2 is 2.00 bits per heavy atom. The zero-order valence-electron chi connectivity index (χ0n) is 11.7. The average Bonchev–Trinajstić information content (AvgIpc) is 2.42. The third kappa shape index (κ3) is 3.47. The predicted octanol–water partition coefficient (Wildman–Crippen LogP) is 3.56. The summed E-state index contributed by atoms with van der Waals surface area (Å²) in [5.41, 5.74) is 0.547. The van der Waals surface area contributed by atoms with Crippen molar-refractivity contribution in [2.24, 2.45) is 11.8 Å². The van der Waals surface area contributed by atoms with Crippen LogP contribution in [0.3, 0.4) is 0 Å². The van der Waals surface area contributed by atoms with Crippen molar-refractivity contribution >= 4 is 0 Å². The molecule has 1 aliphatic rings. The lowest BCUT2D eigenvalue weighted by Gasteiger charge is -2.30. The molecule has 1 unspecified atom stereocenters. The highest BCUT2D eigenvalue weighted by atomic mass is 19.1. The summed E-state index contributed by atoms with van der Waals surface area (Å²) in [6.07, 6.45) is 4.36. The summed E-state index contributed by atoms with van der Waals surface area (Å²) in [4.78, 5) is 0. The van der Waals surface area contributed by atoms with Gasteiger partial charge in [0, 0.05) is 6.42 Å². The largest absolute Gasteiger partial charge is 0.494 e. The smallest absolute Gasteiger partial charge is 0.168 e. The van der Waals surface area contributed by atoms with E-state index in [2.05, 4.69) is 6.92 Å². The highest BCUT2D eigenvalue weighted by Gasteiger charge is 2.25. The zero-order valence-corrected chi connectivity index (χ0v) is 11.7. The van der Waals surface area contributed by atoms with E-state index in [-0.39, 0.29) is 11.6 Å². The first-order valence-corrected chi connectivity index (χ1v) is 7.11. The summed E-state index contributed by atoms with van der Waals surface area (Å²) in [5.74, 6) is 0.981. The Morgan fingerprint density at radius 1 is 1.32 bits per heavy atom. The average molecular weight is 266 g/mol. The van der Waals surface area contributed by atoms with Crippen LogP contribution in [0.15, 0.2) is 18.2 Å². The second-order valence-corrected chi connectivity index (χ2v) is 5.72. The number of hydrogen-bond donors (Lipinski definition) is 1. The Morgan fingerprint density at radius 3 is 2.63 bits per heavy atom. The van der Waals surface area contributed by atoms with Gasteiger partial charge in [-0.15, -0.1) is 0 Å². The van der Waals surface area contributed by atoms with Gasteiger partial charge in [0.25, 0.3) is 0 Å². The molecule has 0 radical (unpaired) electrons. The minimum absolute atomic E-state index is 0.252. The number of halogens is 1. The number of ether oxygens (including phenoxy) is 1. The van der Waals surface area contributed by atoms with E-state index in [4.69, 9.17) is 4.74 Å². The molecule has 0 spiro atoms. The van der Waals surface area contributed by atoms with Gasteiger partial charge in [-0.3, -0.25) is 0 Å². The van der Waals surface area contributed by atoms with Crippen LogP contribution in [0, 0.1) is 17.7 Å². The standard InChI is InChI=1S/C16H23FO2/c1-11-6-8-12(9-7-11)14(18)10-13-4-3-5-15(19-2)16(13)17/h3-5,11-12,14,18H,6-10H2,1-2H3. The number of methoxy groups -OCH3 is 1. The van der Waals surface area contributed by atoms with Crippen molar-refractivity contribution in [2.45, 2.75) is 45.1 Å². The van der Waals surface area contributed by atoms with E-state index in [1.54, 1.807) is 18.2 Å². The number of aliphatic hydroxyl groups is 1. The van der Waals surface area contributed by atoms with E-state index >= 15 is 0 Å². The molecule has 1 saturated carbocycles. The number of aliphatic hydroxyl groups excluding tert-OH is 1. The van der Waals surface area contributed by atoms with Gasteiger partial charge < -0.3 is 9.84 Å². The SMILES string of the molecule is COc1cccc(CC(O)C2CCC(C)CC2)c1F. The van der Waals surface area contributed by atoms with Crippen LogP contribution in [0.1, 0.15) is 38.2 Å². The minimum Gasteiger partial charge on any atom is -0.494 e. The van der Waals surface area contributed by atoms with Crippen molar-refractivity contribution in [1.82, 2.24) is 0 Å². The molecule has 1 N–H and O–H groups in total. The fourth-order valence-corrected chi connectivity index (χ4v) is 2.93. The van der Waals surface area contributed by atoms with Gasteiger partial charge in [-0.05, 0) is 36.3 Å². The maximum atomic E-state index is 14.0. The lowest BCUT2D eigenvalue weighted by Crippen LogP contribution is -2.27. The fourth-order valence-electron chi connectivity index (χ4n) is 2.93. The molecule has 1 aliphatic carbocycles. The maximum Gasteiger partial charge on any atom is 0.168 e. The van der Waals surface area contributed by atoms with Gasteiger partial charge in [0.15, 0.2) is 11.6 Å². The van der Waals surface area contributed by atoms with Crippen molar-refractivity contribution in [3.05, 3.63) is 29.6 Å². The van der Waals surface area contributed by atoms with E-state index in [1.807, 2.05) is 0 Å². The predicted molar refractivity (Wildman–Crippen MR) is 73.8 cm³/mol. The van der Waals surface area contributed by atoms with E-state index in [0.29, 0.717) is 17.9 Å². The van der Waals surface area contributed by atoms with Crippen molar-refractivity contribution in [2.75, 3.05) is 7.11 Å². The third-order valence-electron chi connectivity index (χ3n) is 4.30. The molecule has 1 aromatic rings. The molecule has 0 bridgehead atoms. The lowest BCUT2D eigenvalue weighted by molar-refractivity contribution is 0.0753. The Labute approximate surface area is 114 Å². The summed E-state index contributed by atoms with van der Waals surface area (Å²) in [6, 6.07) is 5.10. The summed E-state index contributed by atoms with van der Waals surface area (Å²) < 4.78 is 19.0. The molecule has 0 aliphatic heterocycles. The molecule has 0 heterocycles. The van der Waals surface area contributed by atoms with E-state index in [0.717, 1.165) is 18.8 Å². The molecule has 0 amide bonds. The Bertz CT molecular complexity index is 411. The zero-order chi connectivity index (χ0) is 13.8. The topological polar surface area (TPSA) is 29.5 Å². The van der Waals surface area contributed by atoms with E-state index in [1.165, 1.54) is 20.0 Å². The highest BCUT2D eigenvalue weighted by Crippen LogP contribution is 2.32. The minimum atomic E-state index is -0.450. The van der Waals surface area contributed by atoms with Crippen LogP contribution in [0.2, 0.25) is 0 Å². The van der Waals surface area contributed by atoms with Gasteiger partial charge in [-0.2, -0.15) is 0 Å². The molecule has 106 valence electrons. The van der Waals surface area contributed by atoms with Crippen LogP contribution in [0.4, 0.5) is 4.39 Å². The van der Waals surface area contributed by atoms with Crippen LogP contribution in [-0.4, -0.2) is 18.3 Å². The fraction of sp³-hybridized carbons (Fsp3) is 0.625. The molecule has 2 rings (SSSR count). The molecule has 1 fully saturated rings. The molecular formula is C16H23FO2. The van der Waals surface area contributed by atoms with E-state index < -0.39 is 6.10 Å². The molecule has 0 aromatic heterocycles. The van der Waals surface area contributed by atoms with Gasteiger partial charge in [0.2, 0.25) is 0 Å². The summed E-state index contributed by atoms with van der Waals surface area (Å²) >= 11 is 0. The highest BCUT2D eigenvalue weighted by molar-refractivity contribution is 5.31. The van der Waals surface area contributed by atoms with Crippen molar-refractivity contribution in [3.8, 4) is 5.75 Å². The Hall–Kier alpha value is -1.09. The molecule has 0 saturated heterocycles. The quantitative estimate of drug-likeness (QED) is 0.903. The van der Waals surface area contributed by atoms with Crippen LogP contribution in [0.25, 0.3) is 0 Å². The monoisotopic (exact) mass is 266 g/mol. The van der Waals surface area contributed by atoms with Gasteiger partial charge in [0.1, 0.15) is 0 Å². The Balaban J connectivity index is 2.00. The second kappa shape index (κ2) is 6.38. The third-order valence-corrected chi connectivity index (χ3v) is 4.30. The van der Waals surface area contributed by atoms with Crippen molar-refractivity contribution < 1.29 is 14.2 Å². The van der Waals surface area contributed by atoms with Gasteiger partial charge in [-0.1, -0.05) is 31.9 Å². The summed E-state index contributed by atoms with van der Waals surface area (Å²) in [5, 5.41) is 10.3. The molecule has 2 nitrogen and oxygen atoms in total. The van der Waals surface area contributed by atoms with Crippen LogP contribution < -0.4 is 4.74 Å². The number of hydrogen-bond acceptors (Lipinski definition) is 2. The second-order valence-electron chi connectivity index (χ2n) is 5.72. The lowest BCUT2D eigenvalue weighted by atomic mass is 9.79. The Kier molecular flexibility index (Phi) is 4.81. The molecule has 19 heavy (non-hydrogen) atoms. The van der Waals surface area contributed by atoms with Crippen molar-refractivity contribution in [3.63, 3.8) is 0 Å². The summed E-state index contributed by atoms with van der Waals surface area (Å²) in [6.45, 7) is 2.25. The van der Waals surface area contributed by atoms with Crippen LogP contribution in [0.5, 0.6) is 5.75 Å². The van der Waals surface area contributed by atoms with Crippen LogP contribution >= 0.6 is 0 Å². The van der Waals surface area contributed by atoms with Crippen molar-refractivity contribution in [1.29, 1.82) is 0 Å². The summed E-state index contributed by atoms with van der Waals surface area (Å²) in [7, 11) is 1.46. The van der Waals surface area contributed by atoms with Gasteiger partial charge in [-0.25, -0.2) is 4.39 Å². The molecule has 3 heteroatoms. The van der Waals surface area contributed by atoms with Gasteiger partial charge in [0.05, 0.1) is 13.2 Å². The number of rotatable bonds is 4. The molecule has 1 atom stereocenters. The maximum absolute atomic E-state index is 14.0. The number of benzene rings is 1. The first-order chi connectivity index (χ1) is 9.11. The molecular weight excluding hydrogens is 243 g/mol. The first-order valence-electron chi connectivity index (χ1n) is 7.11. The first kappa shape index (κ1) is 14.3. The van der Waals surface area contributed by atoms with Gasteiger partial charge >= 0.3 is 0 Å². The van der Waals surface area contributed by atoms with Crippen LogP contribution in [-0.2, 0) is 6.42 Å².